The largest absolute Gasteiger partial charge is 0.325 e. The summed E-state index contributed by atoms with van der Waals surface area (Å²) in [6, 6.07) is 11.8. The lowest BCUT2D eigenvalue weighted by molar-refractivity contribution is -0.118. The average molecular weight is 404 g/mol. The van der Waals surface area contributed by atoms with Crippen LogP contribution < -0.4 is 10.9 Å². The predicted molar refractivity (Wildman–Crippen MR) is 114 cm³/mol. The van der Waals surface area contributed by atoms with Crippen molar-refractivity contribution in [3.05, 3.63) is 82.2 Å². The fourth-order valence-electron chi connectivity index (χ4n) is 3.68. The number of benzene rings is 2. The number of aromatic nitrogens is 2. The van der Waals surface area contributed by atoms with Crippen molar-refractivity contribution in [3.63, 3.8) is 0 Å². The van der Waals surface area contributed by atoms with Gasteiger partial charge in [0.25, 0.3) is 5.56 Å². The van der Waals surface area contributed by atoms with Crippen LogP contribution in [0.4, 0.5) is 10.1 Å². The first-order chi connectivity index (χ1) is 14.5. The zero-order valence-electron chi connectivity index (χ0n) is 16.4. The zero-order chi connectivity index (χ0) is 21.1. The van der Waals surface area contributed by atoms with Crippen LogP contribution in [0.3, 0.4) is 0 Å². The summed E-state index contributed by atoms with van der Waals surface area (Å²) in [5, 5.41) is 3.00. The first-order valence-electron chi connectivity index (χ1n) is 9.73. The van der Waals surface area contributed by atoms with E-state index in [1.165, 1.54) is 18.3 Å². The highest BCUT2D eigenvalue weighted by atomic mass is 19.1. The number of hydrogen-bond donors (Lipinski definition) is 2. The molecular formula is C23H21FN4O2. The minimum Gasteiger partial charge on any atom is -0.325 e. The third kappa shape index (κ3) is 4.20. The van der Waals surface area contributed by atoms with Crippen LogP contribution in [0, 0.1) is 18.7 Å². The van der Waals surface area contributed by atoms with E-state index in [-0.39, 0.29) is 23.2 Å². The second kappa shape index (κ2) is 8.41. The molecule has 0 saturated heterocycles. The molecular weight excluding hydrogens is 383 g/mol. The number of anilines is 1. The Hall–Kier alpha value is -3.61. The van der Waals surface area contributed by atoms with Gasteiger partial charge in [-0.1, -0.05) is 24.3 Å². The molecule has 2 aromatic carbocycles. The minimum atomic E-state index is -0.453. The molecule has 1 amide bonds. The van der Waals surface area contributed by atoms with Crippen molar-refractivity contribution in [1.82, 2.24) is 9.97 Å². The van der Waals surface area contributed by atoms with E-state index in [2.05, 4.69) is 20.3 Å². The summed E-state index contributed by atoms with van der Waals surface area (Å²) in [7, 11) is 0. The molecule has 0 saturated carbocycles. The smallest absolute Gasteiger partial charge is 0.266 e. The Morgan fingerprint density at radius 2 is 1.97 bits per heavy atom. The van der Waals surface area contributed by atoms with Crippen LogP contribution in [0.2, 0.25) is 0 Å². The monoisotopic (exact) mass is 404 g/mol. The van der Waals surface area contributed by atoms with Crippen molar-refractivity contribution in [1.29, 1.82) is 0 Å². The minimum absolute atomic E-state index is 0.0683. The van der Waals surface area contributed by atoms with Gasteiger partial charge in [0.15, 0.2) is 0 Å². The Bertz CT molecular complexity index is 1150. The maximum absolute atomic E-state index is 13.3. The zero-order valence-corrected chi connectivity index (χ0v) is 16.4. The molecule has 0 fully saturated rings. The number of hydrogen-bond acceptors (Lipinski definition) is 4. The van der Waals surface area contributed by atoms with E-state index in [1.54, 1.807) is 24.5 Å². The summed E-state index contributed by atoms with van der Waals surface area (Å²) in [5.74, 6) is -0.996. The molecule has 30 heavy (non-hydrogen) atoms. The quantitative estimate of drug-likeness (QED) is 0.695. The second-order valence-corrected chi connectivity index (χ2v) is 7.36. The molecule has 1 aromatic heterocycles. The topological polar surface area (TPSA) is 87.2 Å². The normalized spacial score (nSPS) is 18.2. The maximum atomic E-state index is 13.3. The highest BCUT2D eigenvalue weighted by molar-refractivity contribution is 6.03. The summed E-state index contributed by atoms with van der Waals surface area (Å²) in [6.45, 7) is 2.53. The fourth-order valence-corrected chi connectivity index (χ4v) is 3.68. The van der Waals surface area contributed by atoms with Gasteiger partial charge < -0.3 is 10.3 Å². The number of aromatic amines is 1. The first-order valence-corrected chi connectivity index (χ1v) is 9.73. The van der Waals surface area contributed by atoms with E-state index < -0.39 is 5.92 Å². The van der Waals surface area contributed by atoms with Crippen molar-refractivity contribution in [2.24, 2.45) is 10.9 Å². The SMILES string of the molecule is Cc1ccc(-c2cncc(=O)[nH]2)cc1NC(=O)C1C=NCCC1c1ccc(F)cc1. The van der Waals surface area contributed by atoms with Gasteiger partial charge in [-0.05, 0) is 42.7 Å². The van der Waals surface area contributed by atoms with Crippen LogP contribution in [0.25, 0.3) is 11.3 Å². The molecule has 3 aromatic rings. The van der Waals surface area contributed by atoms with Crippen LogP contribution in [0.1, 0.15) is 23.5 Å². The van der Waals surface area contributed by atoms with E-state index in [4.69, 9.17) is 0 Å². The molecule has 1 aliphatic rings. The number of halogens is 1. The number of aliphatic imine (C=N–C) groups is 1. The summed E-state index contributed by atoms with van der Waals surface area (Å²) in [6.07, 6.45) is 5.18. The third-order valence-corrected chi connectivity index (χ3v) is 5.33. The first kappa shape index (κ1) is 19.7. The summed E-state index contributed by atoms with van der Waals surface area (Å²) >= 11 is 0. The van der Waals surface area contributed by atoms with Crippen LogP contribution in [0.5, 0.6) is 0 Å². The van der Waals surface area contributed by atoms with Gasteiger partial charge in [-0.25, -0.2) is 4.39 Å². The van der Waals surface area contributed by atoms with E-state index in [1.807, 2.05) is 25.1 Å². The number of rotatable bonds is 4. The Balaban J connectivity index is 1.60. The van der Waals surface area contributed by atoms with Gasteiger partial charge in [-0.3, -0.25) is 19.6 Å². The highest BCUT2D eigenvalue weighted by Gasteiger charge is 2.30. The number of carbonyl (C=O) groups excluding carboxylic acids is 1. The average Bonchev–Trinajstić information content (AvgIpc) is 2.76. The van der Waals surface area contributed by atoms with Gasteiger partial charge in [0.2, 0.25) is 5.91 Å². The van der Waals surface area contributed by atoms with Gasteiger partial charge in [-0.2, -0.15) is 0 Å². The Labute approximate surface area is 172 Å². The molecule has 7 heteroatoms. The molecule has 2 N–H and O–H groups in total. The third-order valence-electron chi connectivity index (χ3n) is 5.33. The van der Waals surface area contributed by atoms with Crippen molar-refractivity contribution in [2.45, 2.75) is 19.3 Å². The summed E-state index contributed by atoms with van der Waals surface area (Å²) in [5.41, 5.74) is 3.48. The Morgan fingerprint density at radius 3 is 2.73 bits per heavy atom. The fraction of sp³-hybridized carbons (Fsp3) is 0.217. The number of aryl methyl sites for hydroxylation is 1. The molecule has 0 spiro atoms. The Kier molecular flexibility index (Phi) is 5.52. The lowest BCUT2D eigenvalue weighted by Crippen LogP contribution is -2.32. The molecule has 4 rings (SSSR count). The van der Waals surface area contributed by atoms with Crippen molar-refractivity contribution in [2.75, 3.05) is 11.9 Å². The molecule has 152 valence electrons. The van der Waals surface area contributed by atoms with E-state index in [0.29, 0.717) is 17.9 Å². The van der Waals surface area contributed by atoms with Gasteiger partial charge >= 0.3 is 0 Å². The molecule has 2 unspecified atom stereocenters. The molecule has 0 aliphatic carbocycles. The van der Waals surface area contributed by atoms with E-state index >= 15 is 0 Å². The summed E-state index contributed by atoms with van der Waals surface area (Å²) in [4.78, 5) is 35.7. The lowest BCUT2D eigenvalue weighted by atomic mass is 9.82. The predicted octanol–water partition coefficient (Wildman–Crippen LogP) is 3.70. The van der Waals surface area contributed by atoms with Gasteiger partial charge in [0.05, 0.1) is 24.0 Å². The number of nitrogens with zero attached hydrogens (tertiary/aromatic N) is 2. The number of H-pyrrole nitrogens is 1. The number of carbonyl (C=O) groups is 1. The van der Waals surface area contributed by atoms with Crippen molar-refractivity contribution >= 4 is 17.8 Å². The molecule has 6 nitrogen and oxygen atoms in total. The van der Waals surface area contributed by atoms with Gasteiger partial charge in [0, 0.05) is 29.9 Å². The van der Waals surface area contributed by atoms with Crippen LogP contribution in [-0.2, 0) is 4.79 Å². The van der Waals surface area contributed by atoms with Crippen LogP contribution in [0.15, 0.2) is 64.6 Å². The summed E-state index contributed by atoms with van der Waals surface area (Å²) < 4.78 is 13.3. The number of nitrogens with one attached hydrogen (secondary N) is 2. The highest BCUT2D eigenvalue weighted by Crippen LogP contribution is 2.32. The molecule has 1 aliphatic heterocycles. The van der Waals surface area contributed by atoms with Crippen LogP contribution >= 0.6 is 0 Å². The maximum Gasteiger partial charge on any atom is 0.266 e. The van der Waals surface area contributed by atoms with E-state index in [0.717, 1.165) is 23.1 Å². The van der Waals surface area contributed by atoms with Crippen molar-refractivity contribution in [3.8, 4) is 11.3 Å². The Morgan fingerprint density at radius 1 is 1.17 bits per heavy atom. The second-order valence-electron chi connectivity index (χ2n) is 7.36. The van der Waals surface area contributed by atoms with E-state index in [9.17, 15) is 14.0 Å². The molecule has 0 radical (unpaired) electrons. The van der Waals surface area contributed by atoms with Gasteiger partial charge in [-0.15, -0.1) is 0 Å². The molecule has 0 bridgehead atoms. The molecule has 2 atom stereocenters. The lowest BCUT2D eigenvalue weighted by Gasteiger charge is -2.27. The van der Waals surface area contributed by atoms with Gasteiger partial charge in [0.1, 0.15) is 5.82 Å². The van der Waals surface area contributed by atoms with Crippen molar-refractivity contribution < 1.29 is 9.18 Å². The molecule has 2 heterocycles. The number of amides is 1. The van der Waals surface area contributed by atoms with Crippen LogP contribution in [-0.4, -0.2) is 28.6 Å². The standard InChI is InChI=1S/C23H21FN4O2/c1-14-2-3-16(21-12-26-13-22(29)27-21)10-20(14)28-23(30)19-11-25-9-8-18(19)15-4-6-17(24)7-5-15/h2-7,10-13,18-19H,8-9H2,1H3,(H,27,29)(H,28,30).